The molecule has 0 aliphatic heterocycles. The van der Waals surface area contributed by atoms with Crippen LogP contribution in [0.15, 0.2) is 72.8 Å². The maximum atomic E-state index is 7.01. The molecule has 0 fully saturated rings. The predicted molar refractivity (Wildman–Crippen MR) is 281 cm³/mol. The Labute approximate surface area is 407 Å². The van der Waals surface area contributed by atoms with E-state index in [0.29, 0.717) is 0 Å². The fourth-order valence-corrected chi connectivity index (χ4v) is 13.5. The van der Waals surface area contributed by atoms with Crippen LogP contribution in [0.1, 0.15) is 269 Å². The summed E-state index contributed by atoms with van der Waals surface area (Å²) < 4.78 is 21.0. The molecule has 3 rings (SSSR count). The minimum absolute atomic E-state index is 0.959. The second kappa shape index (κ2) is 41.2. The number of benzene rings is 3. The molecular formula is C60H99BiO3. The smallest absolute Gasteiger partial charge is 0.0654 e. The van der Waals surface area contributed by atoms with Crippen molar-refractivity contribution in [2.24, 2.45) is 0 Å². The molecule has 362 valence electrons. The average Bonchev–Trinajstić information content (AvgIpc) is 3.31. The van der Waals surface area contributed by atoms with E-state index in [1.54, 1.807) is 0 Å². The van der Waals surface area contributed by atoms with Gasteiger partial charge in [0.25, 0.3) is 0 Å². The Balaban J connectivity index is 1.56. The van der Waals surface area contributed by atoms with E-state index in [1.165, 1.54) is 248 Å². The van der Waals surface area contributed by atoms with E-state index in [9.17, 15) is 0 Å². The third kappa shape index (κ3) is 28.9. The molecule has 4 heteroatoms. The first kappa shape index (κ1) is 56.3. The molecule has 0 heterocycles. The van der Waals surface area contributed by atoms with Gasteiger partial charge in [-0.25, -0.2) is 0 Å². The zero-order valence-corrected chi connectivity index (χ0v) is 45.7. The zero-order chi connectivity index (χ0) is 45.2. The SMILES string of the molecule is CCCCCCCCCCCCCCc1ccccc1[O][Bi]([O]c1ccccc1CCCCCCCCCCCCCC)[O]c1ccccc1CCCCCCCCCCCCCC. The van der Waals surface area contributed by atoms with E-state index in [1.807, 2.05) is 0 Å². The number of aryl methyl sites for hydroxylation is 3. The first-order valence-electron chi connectivity index (χ1n) is 27.8. The molecule has 0 spiro atoms. The minimum atomic E-state index is -3.57. The summed E-state index contributed by atoms with van der Waals surface area (Å²) in [6.07, 6.45) is 52.3. The van der Waals surface area contributed by atoms with E-state index >= 15 is 0 Å². The van der Waals surface area contributed by atoms with Crippen LogP contribution in [-0.2, 0) is 19.3 Å². The summed E-state index contributed by atoms with van der Waals surface area (Å²) in [5, 5.41) is 0. The summed E-state index contributed by atoms with van der Waals surface area (Å²) in [6.45, 7) is 6.91. The van der Waals surface area contributed by atoms with Crippen LogP contribution in [-0.4, -0.2) is 23.1 Å². The third-order valence-corrected chi connectivity index (χ3v) is 17.4. The van der Waals surface area contributed by atoms with Crippen LogP contribution in [0.25, 0.3) is 0 Å². The van der Waals surface area contributed by atoms with Gasteiger partial charge in [0.2, 0.25) is 0 Å². The van der Waals surface area contributed by atoms with Crippen molar-refractivity contribution in [1.82, 2.24) is 0 Å². The summed E-state index contributed by atoms with van der Waals surface area (Å²) in [4.78, 5) is 0. The fraction of sp³-hybridized carbons (Fsp3) is 0.700. The molecule has 3 aromatic carbocycles. The van der Waals surface area contributed by atoms with Crippen molar-refractivity contribution < 1.29 is 8.44 Å². The van der Waals surface area contributed by atoms with Crippen LogP contribution < -0.4 is 8.44 Å². The molecule has 0 amide bonds. The van der Waals surface area contributed by atoms with Crippen molar-refractivity contribution in [2.75, 3.05) is 0 Å². The molecule has 0 radical (unpaired) electrons. The molecule has 0 bridgehead atoms. The molecule has 3 aromatic rings. The van der Waals surface area contributed by atoms with Crippen LogP contribution in [0.2, 0.25) is 0 Å². The molecule has 0 aromatic heterocycles. The van der Waals surface area contributed by atoms with Gasteiger partial charge >= 0.3 is 312 Å². The molecule has 0 saturated heterocycles. The normalized spacial score (nSPS) is 11.4. The fourth-order valence-electron chi connectivity index (χ4n) is 9.16. The monoisotopic (exact) mass is 1080 g/mol. The van der Waals surface area contributed by atoms with E-state index in [2.05, 4.69) is 93.6 Å². The predicted octanol–water partition coefficient (Wildman–Crippen LogP) is 19.9. The molecule has 0 N–H and O–H groups in total. The van der Waals surface area contributed by atoms with Crippen molar-refractivity contribution in [3.05, 3.63) is 89.5 Å². The quantitative estimate of drug-likeness (QED) is 0.0417. The number of para-hydroxylation sites is 3. The molecule has 0 aliphatic carbocycles. The molecule has 0 unspecified atom stereocenters. The topological polar surface area (TPSA) is 27.7 Å². The number of hydrogen-bond donors (Lipinski definition) is 0. The van der Waals surface area contributed by atoms with Gasteiger partial charge in [-0.3, -0.25) is 0 Å². The summed E-state index contributed by atoms with van der Waals surface area (Å²) in [6, 6.07) is 26.1. The van der Waals surface area contributed by atoms with Gasteiger partial charge in [0.05, 0.1) is 0 Å². The van der Waals surface area contributed by atoms with Gasteiger partial charge in [0, 0.05) is 0 Å². The molecular weight excluding hydrogens is 978 g/mol. The Hall–Kier alpha value is -2.06. The van der Waals surface area contributed by atoms with E-state index in [0.717, 1.165) is 36.5 Å². The Morgan fingerprint density at radius 2 is 0.438 bits per heavy atom. The van der Waals surface area contributed by atoms with Crippen molar-refractivity contribution in [3.8, 4) is 17.2 Å². The molecule has 3 nitrogen and oxygen atoms in total. The van der Waals surface area contributed by atoms with Gasteiger partial charge in [-0.15, -0.1) is 0 Å². The van der Waals surface area contributed by atoms with Crippen LogP contribution in [0, 0.1) is 0 Å². The van der Waals surface area contributed by atoms with E-state index in [-0.39, 0.29) is 0 Å². The molecule has 64 heavy (non-hydrogen) atoms. The van der Waals surface area contributed by atoms with Gasteiger partial charge in [-0.1, -0.05) is 97.8 Å². The Kier molecular flexibility index (Phi) is 36.2. The summed E-state index contributed by atoms with van der Waals surface area (Å²) in [5.41, 5.74) is 3.86. The summed E-state index contributed by atoms with van der Waals surface area (Å²) >= 11 is -3.57. The van der Waals surface area contributed by atoms with E-state index in [4.69, 9.17) is 8.44 Å². The van der Waals surface area contributed by atoms with Gasteiger partial charge in [-0.2, -0.15) is 0 Å². The van der Waals surface area contributed by atoms with Crippen molar-refractivity contribution in [1.29, 1.82) is 0 Å². The Morgan fingerprint density at radius 1 is 0.250 bits per heavy atom. The van der Waals surface area contributed by atoms with Crippen LogP contribution >= 0.6 is 0 Å². The van der Waals surface area contributed by atoms with Crippen molar-refractivity contribution >= 4 is 23.1 Å². The third-order valence-electron chi connectivity index (χ3n) is 13.3. The number of unbranched alkanes of at least 4 members (excludes halogenated alkanes) is 33. The van der Waals surface area contributed by atoms with Gasteiger partial charge in [0.15, 0.2) is 0 Å². The first-order valence-corrected chi connectivity index (χ1v) is 32.1. The first-order chi connectivity index (χ1) is 31.7. The second-order valence-corrected chi connectivity index (χ2v) is 23.1. The Morgan fingerprint density at radius 3 is 0.656 bits per heavy atom. The molecule has 0 aliphatic rings. The van der Waals surface area contributed by atoms with Crippen LogP contribution in [0.4, 0.5) is 0 Å². The van der Waals surface area contributed by atoms with Gasteiger partial charge in [-0.05, 0) is 0 Å². The molecule has 0 atom stereocenters. The standard InChI is InChI=1S/3C20H34O.Bi/c3*1-2-3-4-5-6-7-8-9-10-11-12-13-16-19-17-14-15-18-20(19)21;/h3*14-15,17-18,21H,2-13,16H2,1H3;/q;;;+3/p-3. The second-order valence-electron chi connectivity index (χ2n) is 19.2. The number of hydrogen-bond acceptors (Lipinski definition) is 3. The van der Waals surface area contributed by atoms with E-state index < -0.39 is 23.1 Å². The zero-order valence-electron chi connectivity index (χ0n) is 42.2. The van der Waals surface area contributed by atoms with Gasteiger partial charge < -0.3 is 0 Å². The maximum absolute atomic E-state index is 7.01. The summed E-state index contributed by atoms with van der Waals surface area (Å²) in [5.74, 6) is 2.88. The average molecular weight is 1080 g/mol. The number of rotatable bonds is 45. The van der Waals surface area contributed by atoms with Gasteiger partial charge in [0.1, 0.15) is 0 Å². The molecule has 0 saturated carbocycles. The minimum Gasteiger partial charge on any atom is -0.0654 e. The summed E-state index contributed by atoms with van der Waals surface area (Å²) in [7, 11) is 0. The van der Waals surface area contributed by atoms with Crippen LogP contribution in [0.3, 0.4) is 0 Å². The van der Waals surface area contributed by atoms with Crippen molar-refractivity contribution in [2.45, 2.75) is 271 Å². The van der Waals surface area contributed by atoms with Crippen LogP contribution in [0.5, 0.6) is 17.2 Å². The van der Waals surface area contributed by atoms with Crippen molar-refractivity contribution in [3.63, 3.8) is 0 Å². The Bertz CT molecular complexity index is 1300.